The normalized spacial score (nSPS) is 10.7. The number of carbonyl (C=O) groups is 1. The molecule has 3 aromatic rings. The van der Waals surface area contributed by atoms with Crippen LogP contribution in [0.15, 0.2) is 48.8 Å². The minimum absolute atomic E-state index is 0.646. The average Bonchev–Trinajstić information content (AvgIpc) is 2.77. The molecule has 0 N–H and O–H groups in total. The van der Waals surface area contributed by atoms with Crippen LogP contribution in [-0.2, 0) is 0 Å². The van der Waals surface area contributed by atoms with Crippen LogP contribution >= 0.6 is 0 Å². The van der Waals surface area contributed by atoms with E-state index in [9.17, 15) is 4.79 Å². The third-order valence-electron chi connectivity index (χ3n) is 3.01. The summed E-state index contributed by atoms with van der Waals surface area (Å²) in [6.07, 6.45) is 4.58. The second-order valence-corrected chi connectivity index (χ2v) is 4.28. The summed E-state index contributed by atoms with van der Waals surface area (Å²) in [7, 11) is 0. The molecule has 0 aliphatic rings. The van der Waals surface area contributed by atoms with Gasteiger partial charge in [0.15, 0.2) is 6.29 Å². The maximum absolute atomic E-state index is 11.3. The van der Waals surface area contributed by atoms with Crippen LogP contribution in [0, 0.1) is 6.92 Å². The largest absolute Gasteiger partial charge is 0.313 e. The van der Waals surface area contributed by atoms with Gasteiger partial charge in [0.05, 0.1) is 11.4 Å². The van der Waals surface area contributed by atoms with Crippen molar-refractivity contribution in [2.45, 2.75) is 6.92 Å². The minimum Gasteiger partial charge on any atom is -0.313 e. The lowest BCUT2D eigenvalue weighted by molar-refractivity contribution is 0.111. The van der Waals surface area contributed by atoms with Gasteiger partial charge >= 0.3 is 0 Å². The fourth-order valence-corrected chi connectivity index (χ4v) is 2.14. The summed E-state index contributed by atoms with van der Waals surface area (Å²) in [5.74, 6) is 0. The predicted octanol–water partition coefficient (Wildman–Crippen LogP) is 3.12. The van der Waals surface area contributed by atoms with Crippen LogP contribution in [-0.4, -0.2) is 15.7 Å². The number of nitrogens with zero attached hydrogens (tertiary/aromatic N) is 2. The number of pyridine rings is 2. The van der Waals surface area contributed by atoms with E-state index in [-0.39, 0.29) is 0 Å². The van der Waals surface area contributed by atoms with Gasteiger partial charge in [-0.25, -0.2) is 0 Å². The number of rotatable bonds is 2. The second-order valence-electron chi connectivity index (χ2n) is 4.28. The first-order valence-corrected chi connectivity index (χ1v) is 5.78. The van der Waals surface area contributed by atoms with Gasteiger partial charge in [0.2, 0.25) is 0 Å². The van der Waals surface area contributed by atoms with Crippen LogP contribution in [0.3, 0.4) is 0 Å². The molecular weight excluding hydrogens is 224 g/mol. The minimum atomic E-state index is 0.646. The van der Waals surface area contributed by atoms with Crippen molar-refractivity contribution in [3.8, 4) is 11.3 Å². The number of aryl methyl sites for hydroxylation is 1. The lowest BCUT2D eigenvalue weighted by Crippen LogP contribution is -1.93. The van der Waals surface area contributed by atoms with Crippen molar-refractivity contribution in [1.82, 2.24) is 9.38 Å². The fraction of sp³-hybridized carbons (Fsp3) is 0.0667. The monoisotopic (exact) mass is 236 g/mol. The topological polar surface area (TPSA) is 34.4 Å². The first-order valence-electron chi connectivity index (χ1n) is 5.78. The highest BCUT2D eigenvalue weighted by Gasteiger charge is 2.11. The zero-order valence-corrected chi connectivity index (χ0v) is 10.00. The summed E-state index contributed by atoms with van der Waals surface area (Å²) in [6.45, 7) is 2.01. The number of aromatic nitrogens is 2. The Morgan fingerprint density at radius 2 is 2.11 bits per heavy atom. The Balaban J connectivity index is 2.33. The third-order valence-corrected chi connectivity index (χ3v) is 3.01. The molecular formula is C15H12N2O. The van der Waals surface area contributed by atoms with E-state index in [0.29, 0.717) is 5.69 Å². The van der Waals surface area contributed by atoms with Gasteiger partial charge in [0, 0.05) is 23.5 Å². The number of aldehydes is 1. The standard InChI is InChI=1S/C15H12N2O/c1-11-5-6-12-8-13(14-4-2-3-7-16-14)15(10-18)17(12)9-11/h2-10H,1H3. The lowest BCUT2D eigenvalue weighted by Gasteiger charge is -2.00. The molecule has 3 aromatic heterocycles. The van der Waals surface area contributed by atoms with Gasteiger partial charge < -0.3 is 4.40 Å². The van der Waals surface area contributed by atoms with Crippen molar-refractivity contribution < 1.29 is 4.79 Å². The molecule has 0 saturated heterocycles. The summed E-state index contributed by atoms with van der Waals surface area (Å²) in [5, 5.41) is 0. The highest BCUT2D eigenvalue weighted by Crippen LogP contribution is 2.25. The van der Waals surface area contributed by atoms with Crippen LogP contribution in [0.4, 0.5) is 0 Å². The number of hydrogen-bond donors (Lipinski definition) is 0. The molecule has 0 aliphatic carbocycles. The highest BCUT2D eigenvalue weighted by atomic mass is 16.1. The van der Waals surface area contributed by atoms with Crippen molar-refractivity contribution >= 4 is 11.8 Å². The molecule has 3 rings (SSSR count). The van der Waals surface area contributed by atoms with Gasteiger partial charge in [0.1, 0.15) is 0 Å². The van der Waals surface area contributed by atoms with Crippen LogP contribution in [0.1, 0.15) is 16.1 Å². The summed E-state index contributed by atoms with van der Waals surface area (Å²) < 4.78 is 1.91. The SMILES string of the molecule is Cc1ccc2cc(-c3ccccn3)c(C=O)n2c1. The second kappa shape index (κ2) is 4.11. The van der Waals surface area contributed by atoms with Crippen LogP contribution in [0.25, 0.3) is 16.8 Å². The maximum Gasteiger partial charge on any atom is 0.167 e. The average molecular weight is 236 g/mol. The summed E-state index contributed by atoms with van der Waals surface area (Å²) in [6, 6.07) is 11.7. The molecule has 0 radical (unpaired) electrons. The van der Waals surface area contributed by atoms with Gasteiger partial charge in [-0.1, -0.05) is 12.1 Å². The number of hydrogen-bond acceptors (Lipinski definition) is 2. The molecule has 0 aromatic carbocycles. The molecule has 0 bridgehead atoms. The number of carbonyl (C=O) groups excluding carboxylic acids is 1. The molecule has 0 spiro atoms. The molecule has 18 heavy (non-hydrogen) atoms. The van der Waals surface area contributed by atoms with E-state index in [1.165, 1.54) is 0 Å². The van der Waals surface area contributed by atoms with Crippen molar-refractivity contribution in [2.75, 3.05) is 0 Å². The van der Waals surface area contributed by atoms with Crippen molar-refractivity contribution in [3.63, 3.8) is 0 Å². The molecule has 88 valence electrons. The quantitative estimate of drug-likeness (QED) is 0.641. The molecule has 3 nitrogen and oxygen atoms in total. The van der Waals surface area contributed by atoms with E-state index >= 15 is 0 Å². The zero-order valence-electron chi connectivity index (χ0n) is 10.00. The Kier molecular flexibility index (Phi) is 2.45. The summed E-state index contributed by atoms with van der Waals surface area (Å²) >= 11 is 0. The summed E-state index contributed by atoms with van der Waals surface area (Å²) in [4.78, 5) is 15.6. The van der Waals surface area contributed by atoms with Crippen LogP contribution in [0.2, 0.25) is 0 Å². The van der Waals surface area contributed by atoms with E-state index < -0.39 is 0 Å². The van der Waals surface area contributed by atoms with Crippen LogP contribution in [0.5, 0.6) is 0 Å². The molecule has 0 aliphatic heterocycles. The zero-order chi connectivity index (χ0) is 12.5. The fourth-order valence-electron chi connectivity index (χ4n) is 2.14. The van der Waals surface area contributed by atoms with E-state index in [4.69, 9.17) is 0 Å². The van der Waals surface area contributed by atoms with Gasteiger partial charge in [-0.05, 0) is 36.8 Å². The first kappa shape index (κ1) is 10.7. The van der Waals surface area contributed by atoms with Gasteiger partial charge in [-0.3, -0.25) is 9.78 Å². The van der Waals surface area contributed by atoms with Crippen molar-refractivity contribution in [2.24, 2.45) is 0 Å². The maximum atomic E-state index is 11.3. The Morgan fingerprint density at radius 1 is 1.22 bits per heavy atom. The Hall–Kier alpha value is -2.42. The molecule has 0 atom stereocenters. The van der Waals surface area contributed by atoms with Crippen molar-refractivity contribution in [1.29, 1.82) is 0 Å². The van der Waals surface area contributed by atoms with E-state index in [1.54, 1.807) is 6.20 Å². The van der Waals surface area contributed by atoms with Gasteiger partial charge in [-0.2, -0.15) is 0 Å². The van der Waals surface area contributed by atoms with E-state index in [0.717, 1.165) is 28.6 Å². The lowest BCUT2D eigenvalue weighted by atomic mass is 10.1. The smallest absolute Gasteiger partial charge is 0.167 e. The molecule has 3 heterocycles. The Labute approximate surface area is 105 Å². The molecule has 0 amide bonds. The highest BCUT2D eigenvalue weighted by molar-refractivity contribution is 5.88. The van der Waals surface area contributed by atoms with E-state index in [2.05, 4.69) is 4.98 Å². The molecule has 0 unspecified atom stereocenters. The van der Waals surface area contributed by atoms with Crippen molar-refractivity contribution in [3.05, 3.63) is 60.0 Å². The van der Waals surface area contributed by atoms with Gasteiger partial charge in [-0.15, -0.1) is 0 Å². The van der Waals surface area contributed by atoms with Gasteiger partial charge in [0.25, 0.3) is 0 Å². The Bertz CT molecular complexity index is 714. The van der Waals surface area contributed by atoms with E-state index in [1.807, 2.05) is 53.9 Å². The number of fused-ring (bicyclic) bond motifs is 1. The third kappa shape index (κ3) is 1.61. The first-order chi connectivity index (χ1) is 8.79. The molecule has 0 saturated carbocycles. The molecule has 3 heteroatoms. The summed E-state index contributed by atoms with van der Waals surface area (Å²) in [5.41, 5.74) is 4.46. The van der Waals surface area contributed by atoms with Crippen LogP contribution < -0.4 is 0 Å². The predicted molar refractivity (Wildman–Crippen MR) is 70.8 cm³/mol. The molecule has 0 fully saturated rings. The Morgan fingerprint density at radius 3 is 2.83 bits per heavy atom.